The minimum absolute atomic E-state index is 0.0114. The average molecular weight is 412 g/mol. The maximum Gasteiger partial charge on any atom is 0.316 e. The van der Waals surface area contributed by atoms with Crippen LogP contribution >= 0.6 is 11.8 Å². The van der Waals surface area contributed by atoms with Gasteiger partial charge >= 0.3 is 5.97 Å². The van der Waals surface area contributed by atoms with Gasteiger partial charge in [-0.05, 0) is 42.8 Å². The Hall–Kier alpha value is -3.13. The van der Waals surface area contributed by atoms with Crippen molar-refractivity contribution in [2.45, 2.75) is 25.0 Å². The number of esters is 1. The van der Waals surface area contributed by atoms with Gasteiger partial charge < -0.3 is 14.5 Å². The summed E-state index contributed by atoms with van der Waals surface area (Å²) in [4.78, 5) is 39.9. The summed E-state index contributed by atoms with van der Waals surface area (Å²) in [6, 6.07) is 13.8. The first-order valence-electron chi connectivity index (χ1n) is 9.12. The van der Waals surface area contributed by atoms with E-state index < -0.39 is 5.97 Å². The number of hydrogen-bond acceptors (Lipinski definition) is 7. The second-order valence-electron chi connectivity index (χ2n) is 6.20. The zero-order chi connectivity index (χ0) is 20.6. The maximum absolute atomic E-state index is 12.2. The lowest BCUT2D eigenvalue weighted by Gasteiger charge is -2.06. The van der Waals surface area contributed by atoms with Crippen molar-refractivity contribution >= 4 is 46.2 Å². The minimum Gasteiger partial charge on any atom is -0.457 e. The Labute approximate surface area is 171 Å². The highest BCUT2D eigenvalue weighted by molar-refractivity contribution is 7.99. The number of benzene rings is 2. The number of nitrogens with zero attached hydrogens (tertiary/aromatic N) is 1. The molecule has 150 valence electrons. The lowest BCUT2D eigenvalue weighted by molar-refractivity contribution is -0.139. The minimum atomic E-state index is -0.533. The van der Waals surface area contributed by atoms with Crippen LogP contribution in [-0.4, -0.2) is 35.0 Å². The third-order valence-electron chi connectivity index (χ3n) is 3.92. The van der Waals surface area contributed by atoms with Crippen LogP contribution < -0.4 is 5.32 Å². The molecule has 0 radical (unpaired) electrons. The zero-order valence-corrected chi connectivity index (χ0v) is 16.7. The fraction of sp³-hybridized carbons (Fsp3) is 0.238. The highest BCUT2D eigenvalue weighted by Gasteiger charge is 2.13. The molecule has 0 saturated carbocycles. The van der Waals surface area contributed by atoms with Gasteiger partial charge in [0.15, 0.2) is 18.0 Å². The van der Waals surface area contributed by atoms with E-state index in [2.05, 4.69) is 10.3 Å². The van der Waals surface area contributed by atoms with Crippen LogP contribution in [0, 0.1) is 0 Å². The Kier molecular flexibility index (Phi) is 7.02. The molecule has 0 aliphatic heterocycles. The number of nitrogens with one attached hydrogen (secondary N) is 1. The van der Waals surface area contributed by atoms with Gasteiger partial charge in [0.1, 0.15) is 11.3 Å². The molecule has 1 heterocycles. The van der Waals surface area contributed by atoms with Crippen molar-refractivity contribution in [3.05, 3.63) is 54.1 Å². The Balaban J connectivity index is 1.44. The number of aromatic nitrogens is 1. The summed E-state index contributed by atoms with van der Waals surface area (Å²) in [6.07, 6.45) is 1.21. The van der Waals surface area contributed by atoms with Gasteiger partial charge in [-0.3, -0.25) is 14.4 Å². The largest absolute Gasteiger partial charge is 0.457 e. The smallest absolute Gasteiger partial charge is 0.316 e. The van der Waals surface area contributed by atoms with E-state index in [0.717, 1.165) is 18.2 Å². The number of ether oxygens (including phenoxy) is 1. The molecule has 0 spiro atoms. The molecule has 3 aromatic rings. The van der Waals surface area contributed by atoms with Crippen LogP contribution in [0.25, 0.3) is 11.1 Å². The van der Waals surface area contributed by atoms with Crippen molar-refractivity contribution in [2.24, 2.45) is 0 Å². The summed E-state index contributed by atoms with van der Waals surface area (Å²) in [5.74, 6) is -0.940. The van der Waals surface area contributed by atoms with Crippen LogP contribution in [0.4, 0.5) is 5.69 Å². The molecule has 0 bridgehead atoms. The van der Waals surface area contributed by atoms with Gasteiger partial charge in [-0.1, -0.05) is 30.8 Å². The number of oxazole rings is 1. The van der Waals surface area contributed by atoms with Gasteiger partial charge in [-0.25, -0.2) is 4.98 Å². The van der Waals surface area contributed by atoms with Crippen LogP contribution in [0.15, 0.2) is 58.2 Å². The van der Waals surface area contributed by atoms with E-state index in [1.165, 1.54) is 0 Å². The number of para-hydroxylation sites is 2. The molecule has 0 atom stereocenters. The lowest BCUT2D eigenvalue weighted by atomic mass is 10.1. The molecule has 0 unspecified atom stereocenters. The zero-order valence-electron chi connectivity index (χ0n) is 15.8. The highest BCUT2D eigenvalue weighted by Crippen LogP contribution is 2.23. The van der Waals surface area contributed by atoms with Gasteiger partial charge in [0.2, 0.25) is 5.91 Å². The molecule has 0 saturated heterocycles. The third kappa shape index (κ3) is 5.92. The molecule has 0 aliphatic carbocycles. The van der Waals surface area contributed by atoms with E-state index in [1.807, 2.05) is 25.1 Å². The average Bonchev–Trinajstić information content (AvgIpc) is 3.14. The van der Waals surface area contributed by atoms with Crippen LogP contribution in [0.3, 0.4) is 0 Å². The molecular weight excluding hydrogens is 392 g/mol. The van der Waals surface area contributed by atoms with E-state index in [0.29, 0.717) is 34.0 Å². The number of Topliss-reactive ketones (excluding diaryl/α,β-unsaturated/α-hetero) is 1. The highest BCUT2D eigenvalue weighted by atomic mass is 32.2. The van der Waals surface area contributed by atoms with Crippen molar-refractivity contribution < 1.29 is 23.5 Å². The number of anilines is 1. The fourth-order valence-corrected chi connectivity index (χ4v) is 3.13. The number of hydrogen-bond donors (Lipinski definition) is 1. The molecule has 1 N–H and O–H groups in total. The van der Waals surface area contributed by atoms with Gasteiger partial charge in [0, 0.05) is 17.7 Å². The summed E-state index contributed by atoms with van der Waals surface area (Å²) >= 11 is 1.11. The predicted molar refractivity (Wildman–Crippen MR) is 110 cm³/mol. The molecule has 8 heteroatoms. The molecule has 0 aliphatic rings. The normalized spacial score (nSPS) is 10.7. The number of thioether (sulfide) groups is 1. The monoisotopic (exact) mass is 412 g/mol. The van der Waals surface area contributed by atoms with E-state index >= 15 is 0 Å². The SMILES string of the molecule is CCCC(=O)Nc1ccc(C(=O)COC(=O)CSc2nc3ccccc3o2)cc1. The molecule has 1 aromatic heterocycles. The second kappa shape index (κ2) is 9.88. The quantitative estimate of drug-likeness (QED) is 0.321. The van der Waals surface area contributed by atoms with E-state index in [-0.39, 0.29) is 24.1 Å². The molecule has 29 heavy (non-hydrogen) atoms. The Morgan fingerprint density at radius 2 is 1.86 bits per heavy atom. The fourth-order valence-electron chi connectivity index (χ4n) is 2.49. The van der Waals surface area contributed by atoms with Crippen molar-refractivity contribution in [3.63, 3.8) is 0 Å². The summed E-state index contributed by atoms with van der Waals surface area (Å²) < 4.78 is 10.5. The van der Waals surface area contributed by atoms with Crippen LogP contribution in [-0.2, 0) is 14.3 Å². The standard InChI is InChI=1S/C21H20N2O5S/c1-2-5-19(25)22-15-10-8-14(9-11-15)17(24)12-27-20(26)13-29-21-23-16-6-3-4-7-18(16)28-21/h3-4,6-11H,2,5,12-13H2,1H3,(H,22,25). The molecule has 7 nitrogen and oxygen atoms in total. The number of carbonyl (C=O) groups is 3. The summed E-state index contributed by atoms with van der Waals surface area (Å²) in [6.45, 7) is 1.57. The predicted octanol–water partition coefficient (Wildman–Crippen LogP) is 4.08. The first-order chi connectivity index (χ1) is 14.0. The van der Waals surface area contributed by atoms with Crippen LogP contribution in [0.2, 0.25) is 0 Å². The number of fused-ring (bicyclic) bond motifs is 1. The van der Waals surface area contributed by atoms with Crippen molar-refractivity contribution in [1.82, 2.24) is 4.98 Å². The topological polar surface area (TPSA) is 98.5 Å². The molecule has 1 amide bonds. The number of carbonyl (C=O) groups excluding carboxylic acids is 3. The first kappa shape index (κ1) is 20.6. The van der Waals surface area contributed by atoms with Crippen LogP contribution in [0.5, 0.6) is 0 Å². The summed E-state index contributed by atoms with van der Waals surface area (Å²) in [5, 5.41) is 3.12. The van der Waals surface area contributed by atoms with E-state index in [4.69, 9.17) is 9.15 Å². The first-order valence-corrected chi connectivity index (χ1v) is 10.1. The van der Waals surface area contributed by atoms with Gasteiger partial charge in [0.25, 0.3) is 5.22 Å². The van der Waals surface area contributed by atoms with Crippen LogP contribution in [0.1, 0.15) is 30.1 Å². The van der Waals surface area contributed by atoms with Crippen molar-refractivity contribution in [3.8, 4) is 0 Å². The van der Waals surface area contributed by atoms with Gasteiger partial charge in [-0.15, -0.1) is 0 Å². The third-order valence-corrected chi connectivity index (χ3v) is 4.72. The van der Waals surface area contributed by atoms with E-state index in [9.17, 15) is 14.4 Å². The Morgan fingerprint density at radius 3 is 2.59 bits per heavy atom. The molecule has 3 rings (SSSR count). The summed E-state index contributed by atoms with van der Waals surface area (Å²) in [7, 11) is 0. The maximum atomic E-state index is 12.2. The second-order valence-corrected chi connectivity index (χ2v) is 7.12. The number of rotatable bonds is 9. The Bertz CT molecular complexity index is 980. The number of ketones is 1. The molecule has 0 fully saturated rings. The number of amides is 1. The molecule has 2 aromatic carbocycles. The van der Waals surface area contributed by atoms with Gasteiger partial charge in [-0.2, -0.15) is 0 Å². The lowest BCUT2D eigenvalue weighted by Crippen LogP contribution is -2.16. The van der Waals surface area contributed by atoms with Crippen molar-refractivity contribution in [1.29, 1.82) is 0 Å². The summed E-state index contributed by atoms with van der Waals surface area (Å²) in [5.41, 5.74) is 2.38. The van der Waals surface area contributed by atoms with E-state index in [1.54, 1.807) is 30.3 Å². The van der Waals surface area contributed by atoms with Gasteiger partial charge in [0.05, 0.1) is 0 Å². The van der Waals surface area contributed by atoms with Crippen molar-refractivity contribution in [2.75, 3.05) is 17.7 Å². The molecular formula is C21H20N2O5S. The Morgan fingerprint density at radius 1 is 1.10 bits per heavy atom.